The molecule has 0 aliphatic carbocycles. The summed E-state index contributed by atoms with van der Waals surface area (Å²) < 4.78 is 13.6. The normalized spacial score (nSPS) is 15.6. The third-order valence-corrected chi connectivity index (χ3v) is 10.6. The number of hydrogen-bond donors (Lipinski definition) is 2. The van der Waals surface area contributed by atoms with Crippen molar-refractivity contribution in [1.82, 2.24) is 24.7 Å². The van der Waals surface area contributed by atoms with Gasteiger partial charge in [0.1, 0.15) is 5.60 Å². The van der Waals surface area contributed by atoms with E-state index in [4.69, 9.17) is 37.7 Å². The van der Waals surface area contributed by atoms with Crippen LogP contribution in [0, 0.1) is 0 Å². The van der Waals surface area contributed by atoms with Gasteiger partial charge in [-0.15, -0.1) is 0 Å². The van der Waals surface area contributed by atoms with Crippen molar-refractivity contribution in [1.29, 1.82) is 0 Å². The second kappa shape index (κ2) is 14.9. The minimum absolute atomic E-state index is 0.0335. The van der Waals surface area contributed by atoms with Gasteiger partial charge in [0.15, 0.2) is 0 Å². The molecule has 280 valence electrons. The maximum atomic E-state index is 13.3. The van der Waals surface area contributed by atoms with Gasteiger partial charge in [0.25, 0.3) is 0 Å². The van der Waals surface area contributed by atoms with Crippen LogP contribution in [-0.4, -0.2) is 74.4 Å². The van der Waals surface area contributed by atoms with Gasteiger partial charge in [-0.25, -0.2) is 14.6 Å². The van der Waals surface area contributed by atoms with Gasteiger partial charge in [0, 0.05) is 76.5 Å². The molecule has 1 atom stereocenters. The SMILES string of the molecule is COc1nc(-c2cccc(-c3cccc(-c4ccc5c(c4)cc4n5CCN(C(=O)O)C4)c3Cl)c2Cl)ccc1CN(C[C@@H]1CCC(=O)N1)C(=O)OC(C)(C)C. The molecule has 13 heteroatoms. The zero-order valence-electron chi connectivity index (χ0n) is 30.5. The van der Waals surface area contributed by atoms with Crippen molar-refractivity contribution in [2.45, 2.75) is 64.9 Å². The van der Waals surface area contributed by atoms with Crippen LogP contribution in [0.3, 0.4) is 0 Å². The minimum atomic E-state index is -0.916. The van der Waals surface area contributed by atoms with Crippen LogP contribution in [-0.2, 0) is 29.2 Å². The number of fused-ring (bicyclic) bond motifs is 3. The number of benzene rings is 3. The zero-order valence-corrected chi connectivity index (χ0v) is 32.0. The molecule has 4 heterocycles. The number of pyridine rings is 1. The third-order valence-electron chi connectivity index (χ3n) is 9.75. The Balaban J connectivity index is 1.17. The quantitative estimate of drug-likeness (QED) is 0.162. The van der Waals surface area contributed by atoms with Gasteiger partial charge in [-0.3, -0.25) is 4.79 Å². The first-order valence-electron chi connectivity index (χ1n) is 17.8. The van der Waals surface area contributed by atoms with Gasteiger partial charge >= 0.3 is 12.2 Å². The molecular formula is C41H41Cl2N5O6. The molecule has 0 unspecified atom stereocenters. The van der Waals surface area contributed by atoms with E-state index in [2.05, 4.69) is 22.0 Å². The zero-order chi connectivity index (χ0) is 38.3. The first kappa shape index (κ1) is 37.1. The van der Waals surface area contributed by atoms with Crippen LogP contribution in [0.25, 0.3) is 44.4 Å². The summed E-state index contributed by atoms with van der Waals surface area (Å²) in [4.78, 5) is 44.6. The molecule has 7 rings (SSSR count). The summed E-state index contributed by atoms with van der Waals surface area (Å²) in [6.07, 6.45) is -0.360. The number of carboxylic acid groups (broad SMARTS) is 1. The molecule has 5 aromatic rings. The molecule has 3 amide bonds. The van der Waals surface area contributed by atoms with E-state index in [9.17, 15) is 19.5 Å². The molecule has 1 fully saturated rings. The Hall–Kier alpha value is -5.26. The topological polar surface area (TPSA) is 126 Å². The lowest BCUT2D eigenvalue weighted by Gasteiger charge is -2.29. The molecule has 3 aromatic carbocycles. The number of nitrogens with one attached hydrogen (secondary N) is 1. The van der Waals surface area contributed by atoms with Gasteiger partial charge < -0.3 is 34.3 Å². The highest BCUT2D eigenvalue weighted by Crippen LogP contribution is 2.43. The fourth-order valence-corrected chi connectivity index (χ4v) is 7.84. The van der Waals surface area contributed by atoms with Crippen LogP contribution in [0.4, 0.5) is 9.59 Å². The van der Waals surface area contributed by atoms with Crippen LogP contribution in [0.1, 0.15) is 44.9 Å². The average Bonchev–Trinajstić information content (AvgIpc) is 3.72. The second-order valence-corrected chi connectivity index (χ2v) is 15.4. The van der Waals surface area contributed by atoms with Gasteiger partial charge in [-0.1, -0.05) is 65.7 Å². The van der Waals surface area contributed by atoms with E-state index in [-0.39, 0.29) is 25.0 Å². The lowest BCUT2D eigenvalue weighted by molar-refractivity contribution is -0.119. The predicted octanol–water partition coefficient (Wildman–Crippen LogP) is 8.86. The molecule has 0 bridgehead atoms. The highest BCUT2D eigenvalue weighted by Gasteiger charge is 2.30. The van der Waals surface area contributed by atoms with Crippen molar-refractivity contribution in [3.8, 4) is 39.4 Å². The molecule has 0 spiro atoms. The lowest BCUT2D eigenvalue weighted by Crippen LogP contribution is -2.43. The minimum Gasteiger partial charge on any atom is -0.481 e. The summed E-state index contributed by atoms with van der Waals surface area (Å²) in [7, 11) is 1.53. The lowest BCUT2D eigenvalue weighted by atomic mass is 9.96. The number of hydrogen-bond acceptors (Lipinski definition) is 6. The van der Waals surface area contributed by atoms with Gasteiger partial charge in [0.2, 0.25) is 11.8 Å². The fraction of sp³-hybridized carbons (Fsp3) is 0.317. The number of methoxy groups -OCH3 is 1. The highest BCUT2D eigenvalue weighted by molar-refractivity contribution is 6.39. The monoisotopic (exact) mass is 769 g/mol. The Morgan fingerprint density at radius 2 is 1.67 bits per heavy atom. The average molecular weight is 771 g/mol. The Bertz CT molecular complexity index is 2280. The van der Waals surface area contributed by atoms with E-state index in [0.29, 0.717) is 65.2 Å². The van der Waals surface area contributed by atoms with Gasteiger partial charge in [0.05, 0.1) is 35.9 Å². The highest BCUT2D eigenvalue weighted by atomic mass is 35.5. The molecule has 0 radical (unpaired) electrons. The van der Waals surface area contributed by atoms with Crippen LogP contribution < -0.4 is 10.1 Å². The Morgan fingerprint density at radius 3 is 2.33 bits per heavy atom. The van der Waals surface area contributed by atoms with Crippen molar-refractivity contribution in [2.24, 2.45) is 0 Å². The summed E-state index contributed by atoms with van der Waals surface area (Å²) in [6.45, 7) is 7.27. The molecule has 11 nitrogen and oxygen atoms in total. The van der Waals surface area contributed by atoms with Crippen molar-refractivity contribution in [2.75, 3.05) is 20.2 Å². The van der Waals surface area contributed by atoms with E-state index in [1.165, 1.54) is 12.0 Å². The number of ether oxygens (including phenoxy) is 2. The smallest absolute Gasteiger partial charge is 0.410 e. The predicted molar refractivity (Wildman–Crippen MR) is 209 cm³/mol. The number of aromatic nitrogens is 2. The summed E-state index contributed by atoms with van der Waals surface area (Å²) in [5, 5.41) is 14.4. The Kier molecular flexibility index (Phi) is 10.2. The summed E-state index contributed by atoms with van der Waals surface area (Å²) >= 11 is 14.3. The fourth-order valence-electron chi connectivity index (χ4n) is 7.18. The molecule has 2 aromatic heterocycles. The number of amides is 3. The molecule has 1 saturated heterocycles. The van der Waals surface area contributed by atoms with Crippen molar-refractivity contribution in [3.05, 3.63) is 94.1 Å². The van der Waals surface area contributed by atoms with Crippen molar-refractivity contribution in [3.63, 3.8) is 0 Å². The largest absolute Gasteiger partial charge is 0.481 e. The number of halogens is 2. The van der Waals surface area contributed by atoms with E-state index >= 15 is 0 Å². The van der Waals surface area contributed by atoms with Crippen LogP contribution in [0.5, 0.6) is 5.88 Å². The van der Waals surface area contributed by atoms with Gasteiger partial charge in [-0.05, 0) is 63.1 Å². The maximum absolute atomic E-state index is 13.3. The van der Waals surface area contributed by atoms with E-state index in [0.717, 1.165) is 38.9 Å². The van der Waals surface area contributed by atoms with Crippen LogP contribution in [0.15, 0.2) is 72.8 Å². The van der Waals surface area contributed by atoms with E-state index < -0.39 is 17.8 Å². The first-order valence-corrected chi connectivity index (χ1v) is 18.5. The maximum Gasteiger partial charge on any atom is 0.410 e. The van der Waals surface area contributed by atoms with Crippen LogP contribution in [0.2, 0.25) is 10.0 Å². The molecule has 2 aliphatic rings. The summed E-state index contributed by atoms with van der Waals surface area (Å²) in [5.74, 6) is 0.297. The number of rotatable bonds is 8. The molecular weight excluding hydrogens is 729 g/mol. The number of nitrogens with zero attached hydrogens (tertiary/aromatic N) is 4. The van der Waals surface area contributed by atoms with Crippen molar-refractivity contribution >= 4 is 52.2 Å². The van der Waals surface area contributed by atoms with E-state index in [1.807, 2.05) is 81.4 Å². The molecule has 2 aliphatic heterocycles. The van der Waals surface area contributed by atoms with Crippen molar-refractivity contribution < 1.29 is 29.0 Å². The summed E-state index contributed by atoms with van der Waals surface area (Å²) in [6, 6.07) is 23.3. The Morgan fingerprint density at radius 1 is 0.963 bits per heavy atom. The second-order valence-electron chi connectivity index (χ2n) is 14.6. The standard InChI is InChI=1S/C41H41Cl2N5O6/c1-41(2,3)54-40(52)47(22-27-13-16-35(49)44-27)21-25-11-14-33(45-38(25)53-4)32-10-6-9-31(37(32)43)30-8-5-7-29(36(30)42)24-12-15-34-26(19-24)20-28-23-46(39(50)51)17-18-48(28)34/h5-12,14-15,19-20,27H,13,16-18,21-23H2,1-4H3,(H,44,49)(H,50,51)/t27-/m0/s1. The number of carbonyl (C=O) groups is 3. The van der Waals surface area contributed by atoms with E-state index in [1.54, 1.807) is 4.90 Å². The third kappa shape index (κ3) is 7.56. The first-order chi connectivity index (χ1) is 25.8. The molecule has 0 saturated carbocycles. The molecule has 54 heavy (non-hydrogen) atoms. The molecule has 2 N–H and O–H groups in total. The van der Waals surface area contributed by atoms with Crippen LogP contribution >= 0.6 is 23.2 Å². The van der Waals surface area contributed by atoms with Gasteiger partial charge in [-0.2, -0.15) is 0 Å². The Labute approximate surface area is 323 Å². The number of carbonyl (C=O) groups excluding carboxylic acids is 2. The summed E-state index contributed by atoms with van der Waals surface area (Å²) in [5.41, 5.74) is 6.48.